The summed E-state index contributed by atoms with van der Waals surface area (Å²) in [5.74, 6) is 0.361. The molecule has 2 aromatic heterocycles. The van der Waals surface area contributed by atoms with Gasteiger partial charge in [-0.2, -0.15) is 5.10 Å². The van der Waals surface area contributed by atoms with Crippen LogP contribution in [0.2, 0.25) is 0 Å². The van der Waals surface area contributed by atoms with Gasteiger partial charge in [0, 0.05) is 18.3 Å². The zero-order valence-electron chi connectivity index (χ0n) is 13.6. The Morgan fingerprint density at radius 3 is 3.00 bits per heavy atom. The second-order valence-electron chi connectivity index (χ2n) is 6.17. The number of aromatic nitrogens is 4. The molecule has 0 unspecified atom stereocenters. The number of likely N-dealkylation sites (tertiary alicyclic amines) is 1. The second kappa shape index (κ2) is 6.51. The monoisotopic (exact) mass is 339 g/mol. The van der Waals surface area contributed by atoms with Gasteiger partial charge in [-0.1, -0.05) is 12.1 Å². The van der Waals surface area contributed by atoms with Crippen molar-refractivity contribution in [3.8, 4) is 11.3 Å². The van der Waals surface area contributed by atoms with Crippen LogP contribution in [0, 0.1) is 5.82 Å². The lowest BCUT2D eigenvalue weighted by Gasteiger charge is -2.34. The van der Waals surface area contributed by atoms with Gasteiger partial charge >= 0.3 is 0 Å². The van der Waals surface area contributed by atoms with Crippen LogP contribution in [0.15, 0.2) is 42.7 Å². The number of rotatable bonds is 3. The van der Waals surface area contributed by atoms with Crippen LogP contribution in [0.5, 0.6) is 0 Å². The predicted molar refractivity (Wildman–Crippen MR) is 90.2 cm³/mol. The number of hydrogen-bond acceptors (Lipinski definition) is 3. The van der Waals surface area contributed by atoms with E-state index in [4.69, 9.17) is 0 Å². The lowest BCUT2D eigenvalue weighted by Crippen LogP contribution is -2.39. The second-order valence-corrected chi connectivity index (χ2v) is 6.17. The Kier molecular flexibility index (Phi) is 4.05. The molecule has 128 valence electrons. The Bertz CT molecular complexity index is 873. The van der Waals surface area contributed by atoms with Crippen LogP contribution in [0.4, 0.5) is 4.39 Å². The Balaban J connectivity index is 1.62. The number of carbonyl (C=O) groups is 1. The molecule has 1 saturated heterocycles. The van der Waals surface area contributed by atoms with Crippen LogP contribution in [-0.2, 0) is 0 Å². The van der Waals surface area contributed by atoms with Gasteiger partial charge in [-0.05, 0) is 37.5 Å². The zero-order chi connectivity index (χ0) is 17.2. The van der Waals surface area contributed by atoms with Crippen molar-refractivity contribution in [1.82, 2.24) is 25.1 Å². The first-order chi connectivity index (χ1) is 12.2. The number of amides is 1. The summed E-state index contributed by atoms with van der Waals surface area (Å²) in [5, 5.41) is 6.59. The van der Waals surface area contributed by atoms with Crippen molar-refractivity contribution in [2.24, 2.45) is 0 Å². The maximum absolute atomic E-state index is 13.4. The van der Waals surface area contributed by atoms with Gasteiger partial charge in [0.2, 0.25) is 0 Å². The standard InChI is InChI=1S/C18H18FN5O/c19-13-5-3-4-12(10-13)15-11-20-17(22-15)16-6-1-2-9-24(16)18(25)14-7-8-21-23-14/h3-5,7-8,10-11,16H,1-2,6,9H2,(H,20,22)(H,21,23)/t16-/m0/s1. The van der Waals surface area contributed by atoms with Crippen molar-refractivity contribution in [1.29, 1.82) is 0 Å². The number of nitrogens with one attached hydrogen (secondary N) is 2. The van der Waals surface area contributed by atoms with E-state index in [9.17, 15) is 9.18 Å². The SMILES string of the molecule is O=C(c1ccn[nH]1)N1CCCC[C@H]1c1ncc(-c2cccc(F)c2)[nH]1. The van der Waals surface area contributed by atoms with E-state index in [1.165, 1.54) is 12.1 Å². The van der Waals surface area contributed by atoms with Crippen molar-refractivity contribution in [3.05, 3.63) is 60.1 Å². The zero-order valence-corrected chi connectivity index (χ0v) is 13.6. The lowest BCUT2D eigenvalue weighted by atomic mass is 10.0. The molecule has 1 aromatic carbocycles. The molecule has 1 aliphatic heterocycles. The first kappa shape index (κ1) is 15.6. The van der Waals surface area contributed by atoms with Gasteiger partial charge < -0.3 is 9.88 Å². The minimum Gasteiger partial charge on any atom is -0.340 e. The maximum Gasteiger partial charge on any atom is 0.272 e. The molecule has 0 bridgehead atoms. The van der Waals surface area contributed by atoms with Crippen molar-refractivity contribution >= 4 is 5.91 Å². The lowest BCUT2D eigenvalue weighted by molar-refractivity contribution is 0.0595. The molecule has 1 aliphatic rings. The molecule has 0 radical (unpaired) electrons. The molecule has 7 heteroatoms. The quantitative estimate of drug-likeness (QED) is 0.768. The van der Waals surface area contributed by atoms with Crippen molar-refractivity contribution < 1.29 is 9.18 Å². The number of benzene rings is 1. The third kappa shape index (κ3) is 3.05. The van der Waals surface area contributed by atoms with Gasteiger partial charge in [-0.15, -0.1) is 0 Å². The molecular weight excluding hydrogens is 321 g/mol. The number of hydrogen-bond donors (Lipinski definition) is 2. The van der Waals surface area contributed by atoms with Crippen LogP contribution in [0.1, 0.15) is 41.6 Å². The Hall–Kier alpha value is -2.96. The number of aromatic amines is 2. The van der Waals surface area contributed by atoms with Gasteiger partial charge in [0.1, 0.15) is 17.3 Å². The van der Waals surface area contributed by atoms with Gasteiger partial charge in [0.15, 0.2) is 0 Å². The summed E-state index contributed by atoms with van der Waals surface area (Å²) in [5.41, 5.74) is 1.96. The fourth-order valence-electron chi connectivity index (χ4n) is 3.30. The van der Waals surface area contributed by atoms with Crippen LogP contribution in [0.3, 0.4) is 0 Å². The highest BCUT2D eigenvalue weighted by molar-refractivity contribution is 5.92. The minimum absolute atomic E-state index is 0.0779. The molecule has 6 nitrogen and oxygen atoms in total. The first-order valence-electron chi connectivity index (χ1n) is 8.33. The smallest absolute Gasteiger partial charge is 0.272 e. The van der Waals surface area contributed by atoms with Crippen molar-refractivity contribution in [3.63, 3.8) is 0 Å². The number of piperidine rings is 1. The summed E-state index contributed by atoms with van der Waals surface area (Å²) >= 11 is 0. The first-order valence-corrected chi connectivity index (χ1v) is 8.33. The normalized spacial score (nSPS) is 17.6. The average Bonchev–Trinajstić information content (AvgIpc) is 3.33. The fraction of sp³-hybridized carbons (Fsp3) is 0.278. The molecule has 1 atom stereocenters. The summed E-state index contributed by atoms with van der Waals surface area (Å²) in [6.07, 6.45) is 6.11. The summed E-state index contributed by atoms with van der Waals surface area (Å²) in [6, 6.07) is 7.92. The van der Waals surface area contributed by atoms with E-state index >= 15 is 0 Å². The maximum atomic E-state index is 13.4. The van der Waals surface area contributed by atoms with Crippen molar-refractivity contribution in [2.45, 2.75) is 25.3 Å². The van der Waals surface area contributed by atoms with E-state index < -0.39 is 0 Å². The molecule has 0 aliphatic carbocycles. The van der Waals surface area contributed by atoms with E-state index in [1.54, 1.807) is 24.5 Å². The molecule has 3 aromatic rings. The van der Waals surface area contributed by atoms with Gasteiger partial charge in [-0.3, -0.25) is 9.89 Å². The molecule has 0 spiro atoms. The Labute approximate surface area is 144 Å². The van der Waals surface area contributed by atoms with Gasteiger partial charge in [-0.25, -0.2) is 9.37 Å². The Morgan fingerprint density at radius 2 is 2.20 bits per heavy atom. The topological polar surface area (TPSA) is 77.7 Å². The highest BCUT2D eigenvalue weighted by Crippen LogP contribution is 2.31. The number of imidazole rings is 1. The number of halogens is 1. The third-order valence-electron chi connectivity index (χ3n) is 4.54. The molecular formula is C18H18FN5O. The highest BCUT2D eigenvalue weighted by Gasteiger charge is 2.31. The molecule has 1 amide bonds. The molecule has 4 rings (SSSR count). The highest BCUT2D eigenvalue weighted by atomic mass is 19.1. The molecule has 3 heterocycles. The van der Waals surface area contributed by atoms with E-state index in [-0.39, 0.29) is 17.8 Å². The average molecular weight is 339 g/mol. The fourth-order valence-corrected chi connectivity index (χ4v) is 3.30. The number of H-pyrrole nitrogens is 2. The van der Waals surface area contributed by atoms with Crippen molar-refractivity contribution in [2.75, 3.05) is 6.54 Å². The molecule has 0 saturated carbocycles. The summed E-state index contributed by atoms with van der Waals surface area (Å²) in [4.78, 5) is 22.3. The number of nitrogens with zero attached hydrogens (tertiary/aromatic N) is 3. The van der Waals surface area contributed by atoms with E-state index in [1.807, 2.05) is 11.0 Å². The van der Waals surface area contributed by atoms with E-state index in [0.29, 0.717) is 12.2 Å². The van der Waals surface area contributed by atoms with E-state index in [0.717, 1.165) is 36.3 Å². The van der Waals surface area contributed by atoms with Crippen LogP contribution in [-0.4, -0.2) is 37.5 Å². The van der Waals surface area contributed by atoms with Gasteiger partial charge in [0.25, 0.3) is 5.91 Å². The summed E-state index contributed by atoms with van der Waals surface area (Å²) < 4.78 is 13.4. The predicted octanol–water partition coefficient (Wildman–Crippen LogP) is 3.31. The van der Waals surface area contributed by atoms with Gasteiger partial charge in [0.05, 0.1) is 17.9 Å². The summed E-state index contributed by atoms with van der Waals surface area (Å²) in [6.45, 7) is 0.679. The Morgan fingerprint density at radius 1 is 1.28 bits per heavy atom. The minimum atomic E-state index is -0.289. The van der Waals surface area contributed by atoms with Crippen LogP contribution < -0.4 is 0 Å². The third-order valence-corrected chi connectivity index (χ3v) is 4.54. The number of carbonyl (C=O) groups excluding carboxylic acids is 1. The molecule has 2 N–H and O–H groups in total. The van der Waals surface area contributed by atoms with Crippen LogP contribution in [0.25, 0.3) is 11.3 Å². The van der Waals surface area contributed by atoms with E-state index in [2.05, 4.69) is 20.2 Å². The summed E-state index contributed by atoms with van der Waals surface area (Å²) in [7, 11) is 0. The molecule has 25 heavy (non-hydrogen) atoms. The largest absolute Gasteiger partial charge is 0.340 e. The molecule has 1 fully saturated rings. The van der Waals surface area contributed by atoms with Crippen LogP contribution >= 0.6 is 0 Å².